The Morgan fingerprint density at radius 1 is 1.32 bits per heavy atom. The van der Waals surface area contributed by atoms with E-state index in [0.29, 0.717) is 6.54 Å². The first kappa shape index (κ1) is 16.0. The van der Waals surface area contributed by atoms with Gasteiger partial charge < -0.3 is 10.1 Å². The summed E-state index contributed by atoms with van der Waals surface area (Å²) < 4.78 is 40.5. The van der Waals surface area contributed by atoms with Gasteiger partial charge in [-0.2, -0.15) is 13.2 Å². The smallest absolute Gasteiger partial charge is 0.422 e. The highest BCUT2D eigenvalue weighted by Crippen LogP contribution is 2.25. The molecule has 0 aliphatic heterocycles. The van der Waals surface area contributed by atoms with E-state index in [0.717, 1.165) is 5.56 Å². The molecule has 0 amide bonds. The Morgan fingerprint density at radius 3 is 2.42 bits per heavy atom. The van der Waals surface area contributed by atoms with Gasteiger partial charge in [0.05, 0.1) is 0 Å². The van der Waals surface area contributed by atoms with Crippen LogP contribution < -0.4 is 10.1 Å². The average molecular weight is 297 g/mol. The van der Waals surface area contributed by atoms with Gasteiger partial charge in [-0.05, 0) is 32.4 Å². The molecule has 108 valence electrons. The van der Waals surface area contributed by atoms with Gasteiger partial charge in [0.1, 0.15) is 5.02 Å². The van der Waals surface area contributed by atoms with E-state index in [9.17, 15) is 13.2 Å². The van der Waals surface area contributed by atoms with Crippen molar-refractivity contribution in [2.45, 2.75) is 39.0 Å². The van der Waals surface area contributed by atoms with E-state index in [2.05, 4.69) is 15.0 Å². The second-order valence-corrected chi connectivity index (χ2v) is 5.55. The molecule has 1 aromatic heterocycles. The molecule has 0 saturated heterocycles. The molecule has 1 rings (SSSR count). The molecule has 1 aromatic rings. The summed E-state index contributed by atoms with van der Waals surface area (Å²) in [7, 11) is 0. The van der Waals surface area contributed by atoms with E-state index in [1.54, 1.807) is 6.07 Å². The Bertz CT molecular complexity index is 430. The van der Waals surface area contributed by atoms with Crippen molar-refractivity contribution in [2.24, 2.45) is 0 Å². The second-order valence-electron chi connectivity index (χ2n) is 5.14. The maximum atomic E-state index is 12.0. The summed E-state index contributed by atoms with van der Waals surface area (Å²) in [5, 5.41) is 3.29. The Balaban J connectivity index is 2.64. The molecule has 3 nitrogen and oxygen atoms in total. The van der Waals surface area contributed by atoms with Crippen molar-refractivity contribution in [3.63, 3.8) is 0 Å². The van der Waals surface area contributed by atoms with Crippen LogP contribution in [0.2, 0.25) is 5.02 Å². The first-order chi connectivity index (χ1) is 8.57. The molecule has 0 radical (unpaired) electrons. The molecule has 0 bridgehead atoms. The maximum absolute atomic E-state index is 12.0. The molecular formula is C12H16ClF3N2O. The molecule has 0 aliphatic carbocycles. The van der Waals surface area contributed by atoms with E-state index >= 15 is 0 Å². The van der Waals surface area contributed by atoms with Crippen LogP contribution in [0.1, 0.15) is 26.3 Å². The van der Waals surface area contributed by atoms with Gasteiger partial charge >= 0.3 is 6.18 Å². The molecule has 0 atom stereocenters. The SMILES string of the molecule is CC(C)(C)NCc1cnc(OCC(F)(F)F)c(Cl)c1. The highest BCUT2D eigenvalue weighted by Gasteiger charge is 2.29. The fraction of sp³-hybridized carbons (Fsp3) is 0.583. The van der Waals surface area contributed by atoms with Crippen molar-refractivity contribution < 1.29 is 17.9 Å². The number of hydrogen-bond donors (Lipinski definition) is 1. The zero-order chi connectivity index (χ0) is 14.7. The molecule has 19 heavy (non-hydrogen) atoms. The third-order valence-electron chi connectivity index (χ3n) is 2.06. The Kier molecular flexibility index (Phi) is 5.04. The first-order valence-corrected chi connectivity index (χ1v) is 6.04. The van der Waals surface area contributed by atoms with Crippen molar-refractivity contribution in [1.29, 1.82) is 0 Å². The van der Waals surface area contributed by atoms with Crippen LogP contribution in [0.25, 0.3) is 0 Å². The van der Waals surface area contributed by atoms with Gasteiger partial charge in [-0.1, -0.05) is 11.6 Å². The van der Waals surface area contributed by atoms with E-state index in [1.807, 2.05) is 20.8 Å². The van der Waals surface area contributed by atoms with Crippen molar-refractivity contribution in [3.8, 4) is 5.88 Å². The summed E-state index contributed by atoms with van der Waals surface area (Å²) in [6.07, 6.45) is -2.96. The molecule has 0 unspecified atom stereocenters. The predicted octanol–water partition coefficient (Wildman–Crippen LogP) is 3.56. The Labute approximate surface area is 115 Å². The van der Waals surface area contributed by atoms with Crippen molar-refractivity contribution in [3.05, 3.63) is 22.8 Å². The largest absolute Gasteiger partial charge is 0.467 e. The lowest BCUT2D eigenvalue weighted by Gasteiger charge is -2.20. The van der Waals surface area contributed by atoms with Crippen LogP contribution in [0.3, 0.4) is 0 Å². The van der Waals surface area contributed by atoms with Crippen LogP contribution in [0, 0.1) is 0 Å². The average Bonchev–Trinajstić information content (AvgIpc) is 2.22. The van der Waals surface area contributed by atoms with E-state index < -0.39 is 12.8 Å². The number of aromatic nitrogens is 1. The summed E-state index contributed by atoms with van der Waals surface area (Å²) >= 11 is 5.83. The monoisotopic (exact) mass is 296 g/mol. The number of nitrogens with one attached hydrogen (secondary N) is 1. The fourth-order valence-electron chi connectivity index (χ4n) is 1.19. The van der Waals surface area contributed by atoms with Gasteiger partial charge in [0.25, 0.3) is 0 Å². The number of ether oxygens (including phenoxy) is 1. The van der Waals surface area contributed by atoms with Gasteiger partial charge in [0, 0.05) is 18.3 Å². The molecule has 1 N–H and O–H groups in total. The van der Waals surface area contributed by atoms with E-state index in [1.165, 1.54) is 6.20 Å². The molecule has 0 aromatic carbocycles. The number of rotatable bonds is 4. The molecule has 0 saturated carbocycles. The van der Waals surface area contributed by atoms with Crippen molar-refractivity contribution >= 4 is 11.6 Å². The number of pyridine rings is 1. The summed E-state index contributed by atoms with van der Waals surface area (Å²) in [6, 6.07) is 1.54. The lowest BCUT2D eigenvalue weighted by atomic mass is 10.1. The molecule has 7 heteroatoms. The topological polar surface area (TPSA) is 34.2 Å². The van der Waals surface area contributed by atoms with Gasteiger partial charge in [-0.3, -0.25) is 0 Å². The van der Waals surface area contributed by atoms with Crippen LogP contribution in [0.5, 0.6) is 5.88 Å². The number of halogens is 4. The quantitative estimate of drug-likeness (QED) is 0.922. The Hall–Kier alpha value is -1.01. The van der Waals surface area contributed by atoms with Crippen LogP contribution in [-0.4, -0.2) is 23.3 Å². The van der Waals surface area contributed by atoms with Crippen molar-refractivity contribution in [1.82, 2.24) is 10.3 Å². The van der Waals surface area contributed by atoms with Gasteiger partial charge in [0.2, 0.25) is 5.88 Å². The predicted molar refractivity (Wildman–Crippen MR) is 67.4 cm³/mol. The van der Waals surface area contributed by atoms with Crippen LogP contribution in [0.15, 0.2) is 12.3 Å². The number of nitrogens with zero attached hydrogens (tertiary/aromatic N) is 1. The third kappa shape index (κ3) is 6.63. The lowest BCUT2D eigenvalue weighted by molar-refractivity contribution is -0.154. The summed E-state index contributed by atoms with van der Waals surface area (Å²) in [5.74, 6) is -0.210. The molecule has 0 spiro atoms. The molecule has 0 fully saturated rings. The minimum absolute atomic E-state index is 0.0671. The maximum Gasteiger partial charge on any atom is 0.422 e. The fourth-order valence-corrected chi connectivity index (χ4v) is 1.43. The van der Waals surface area contributed by atoms with Crippen LogP contribution in [0.4, 0.5) is 13.2 Å². The first-order valence-electron chi connectivity index (χ1n) is 5.66. The normalized spacial score (nSPS) is 12.6. The second kappa shape index (κ2) is 5.96. The van der Waals surface area contributed by atoms with E-state index in [-0.39, 0.29) is 16.4 Å². The van der Waals surface area contributed by atoms with E-state index in [4.69, 9.17) is 11.6 Å². The standard InChI is InChI=1S/C12H16ClF3N2O/c1-11(2,3)18-6-8-4-9(13)10(17-5-8)19-7-12(14,15)16/h4-5,18H,6-7H2,1-3H3. The summed E-state index contributed by atoms with van der Waals surface area (Å²) in [6.45, 7) is 5.13. The molecule has 1 heterocycles. The number of alkyl halides is 3. The van der Waals surface area contributed by atoms with Crippen molar-refractivity contribution in [2.75, 3.05) is 6.61 Å². The van der Waals surface area contributed by atoms with Crippen LogP contribution in [-0.2, 0) is 6.54 Å². The lowest BCUT2D eigenvalue weighted by Crippen LogP contribution is -2.35. The minimum Gasteiger partial charge on any atom is -0.467 e. The molecule has 0 aliphatic rings. The zero-order valence-electron chi connectivity index (χ0n) is 10.9. The van der Waals surface area contributed by atoms with Gasteiger partial charge in [0.15, 0.2) is 6.61 Å². The molecular weight excluding hydrogens is 281 g/mol. The highest BCUT2D eigenvalue weighted by molar-refractivity contribution is 6.31. The Morgan fingerprint density at radius 2 is 1.95 bits per heavy atom. The van der Waals surface area contributed by atoms with Gasteiger partial charge in [-0.25, -0.2) is 4.98 Å². The minimum atomic E-state index is -4.41. The number of hydrogen-bond acceptors (Lipinski definition) is 3. The zero-order valence-corrected chi connectivity index (χ0v) is 11.7. The van der Waals surface area contributed by atoms with Gasteiger partial charge in [-0.15, -0.1) is 0 Å². The van der Waals surface area contributed by atoms with Crippen LogP contribution >= 0.6 is 11.6 Å². The third-order valence-corrected chi connectivity index (χ3v) is 2.33. The highest BCUT2D eigenvalue weighted by atomic mass is 35.5. The summed E-state index contributed by atoms with van der Waals surface area (Å²) in [5.41, 5.74) is 0.706. The summed E-state index contributed by atoms with van der Waals surface area (Å²) in [4.78, 5) is 3.79.